The van der Waals surface area contributed by atoms with Crippen molar-refractivity contribution in [3.8, 4) is 0 Å². The first kappa shape index (κ1) is 28.2. The summed E-state index contributed by atoms with van der Waals surface area (Å²) in [4.78, 5) is 25.0. The number of halogens is 1. The Labute approximate surface area is 207 Å². The molecule has 1 aromatic rings. The van der Waals surface area contributed by atoms with E-state index >= 15 is 0 Å². The van der Waals surface area contributed by atoms with Gasteiger partial charge in [-0.3, -0.25) is 0 Å². The highest BCUT2D eigenvalue weighted by Crippen LogP contribution is 2.24. The van der Waals surface area contributed by atoms with Gasteiger partial charge in [0.2, 0.25) is 0 Å². The molecule has 1 aromatic carbocycles. The van der Waals surface area contributed by atoms with Crippen LogP contribution in [0.15, 0.2) is 24.3 Å². The summed E-state index contributed by atoms with van der Waals surface area (Å²) in [5.41, 5.74) is 0.887. The van der Waals surface area contributed by atoms with Gasteiger partial charge in [0, 0.05) is 51.0 Å². The first-order chi connectivity index (χ1) is 16.4. The van der Waals surface area contributed by atoms with E-state index in [2.05, 4.69) is 16.0 Å². The lowest BCUT2D eigenvalue weighted by Gasteiger charge is -2.25. The number of nitrogens with one attached hydrogen (secondary N) is 3. The summed E-state index contributed by atoms with van der Waals surface area (Å²) in [6.45, 7) is 3.05. The van der Waals surface area contributed by atoms with Gasteiger partial charge < -0.3 is 35.4 Å². The van der Waals surface area contributed by atoms with Crippen LogP contribution in [0.2, 0.25) is 5.02 Å². The molecule has 0 aromatic heterocycles. The van der Waals surface area contributed by atoms with Crippen molar-refractivity contribution in [2.45, 2.75) is 44.2 Å². The van der Waals surface area contributed by atoms with Gasteiger partial charge in [-0.05, 0) is 56.3 Å². The Morgan fingerprint density at radius 2 is 2.15 bits per heavy atom. The number of carboxylic acid groups (broad SMARTS) is 1. The molecular weight excluding hydrogens is 460 g/mol. The van der Waals surface area contributed by atoms with Gasteiger partial charge in [-0.25, -0.2) is 9.59 Å². The molecule has 10 heteroatoms. The van der Waals surface area contributed by atoms with Crippen LogP contribution < -0.4 is 16.0 Å². The number of benzene rings is 1. The number of rotatable bonds is 13. The molecule has 4 N–H and O–H groups in total. The number of urea groups is 1. The van der Waals surface area contributed by atoms with Gasteiger partial charge in [0.15, 0.2) is 0 Å². The Morgan fingerprint density at radius 1 is 1.32 bits per heavy atom. The third kappa shape index (κ3) is 10.9. The van der Waals surface area contributed by atoms with Gasteiger partial charge in [0.25, 0.3) is 0 Å². The van der Waals surface area contributed by atoms with Crippen LogP contribution in [0.5, 0.6) is 0 Å². The van der Waals surface area contributed by atoms with Crippen LogP contribution in [0.4, 0.5) is 9.59 Å². The summed E-state index contributed by atoms with van der Waals surface area (Å²) >= 11 is 6.13. The van der Waals surface area contributed by atoms with Crippen molar-refractivity contribution in [2.24, 2.45) is 5.92 Å². The van der Waals surface area contributed by atoms with E-state index in [1.807, 2.05) is 25.2 Å². The predicted octanol–water partition coefficient (Wildman–Crippen LogP) is 3.49. The second kappa shape index (κ2) is 15.8. The van der Waals surface area contributed by atoms with Crippen molar-refractivity contribution in [3.63, 3.8) is 0 Å². The van der Waals surface area contributed by atoms with Crippen molar-refractivity contribution in [3.05, 3.63) is 34.9 Å². The van der Waals surface area contributed by atoms with E-state index in [9.17, 15) is 9.59 Å². The Kier molecular flexibility index (Phi) is 13.1. The van der Waals surface area contributed by atoms with E-state index in [4.69, 9.17) is 26.2 Å². The van der Waals surface area contributed by atoms with Crippen molar-refractivity contribution in [2.75, 3.05) is 53.6 Å². The molecule has 0 aliphatic carbocycles. The Bertz CT molecular complexity index is 746. The number of likely N-dealkylation sites (N-methyl/N-ethyl adjacent to an activating group) is 1. The van der Waals surface area contributed by atoms with Gasteiger partial charge in [-0.15, -0.1) is 0 Å². The van der Waals surface area contributed by atoms with Gasteiger partial charge in [-0.1, -0.05) is 30.2 Å². The maximum absolute atomic E-state index is 12.7. The summed E-state index contributed by atoms with van der Waals surface area (Å²) in [5.74, 6) is 0.515. The summed E-state index contributed by atoms with van der Waals surface area (Å²) in [5, 5.41) is 18.0. The standard InChI is InChI=1S/C24H39ClN4O5/c1-26-21(14-18-6-3-4-12-33-17-18)16-28-23(30)29(2)11-9-22(34-13-10-27-24(31)32)19-7-5-8-20(25)15-19/h5,7-8,15,18,21-22,26-27H,3-4,6,9-14,16-17H2,1-2H3,(H,28,30)(H,31,32)/t18-,21+,22-/m1/s1. The van der Waals surface area contributed by atoms with Crippen LogP contribution >= 0.6 is 11.6 Å². The van der Waals surface area contributed by atoms with Gasteiger partial charge in [0.1, 0.15) is 0 Å². The molecule has 0 spiro atoms. The highest BCUT2D eigenvalue weighted by Gasteiger charge is 2.20. The second-order valence-corrected chi connectivity index (χ2v) is 9.14. The summed E-state index contributed by atoms with van der Waals surface area (Å²) < 4.78 is 11.6. The third-order valence-corrected chi connectivity index (χ3v) is 6.26. The maximum Gasteiger partial charge on any atom is 0.404 e. The molecule has 192 valence electrons. The summed E-state index contributed by atoms with van der Waals surface area (Å²) in [6.07, 6.45) is 3.59. The van der Waals surface area contributed by atoms with Crippen LogP contribution in [-0.2, 0) is 9.47 Å². The van der Waals surface area contributed by atoms with E-state index in [1.54, 1.807) is 18.0 Å². The largest absolute Gasteiger partial charge is 0.465 e. The molecule has 0 unspecified atom stereocenters. The highest BCUT2D eigenvalue weighted by atomic mass is 35.5. The molecule has 0 bridgehead atoms. The summed E-state index contributed by atoms with van der Waals surface area (Å²) in [7, 11) is 3.67. The normalized spacial score (nSPS) is 17.9. The predicted molar refractivity (Wildman–Crippen MR) is 132 cm³/mol. The minimum Gasteiger partial charge on any atom is -0.465 e. The van der Waals surface area contributed by atoms with Crippen LogP contribution in [0.3, 0.4) is 0 Å². The first-order valence-electron chi connectivity index (χ1n) is 12.0. The smallest absolute Gasteiger partial charge is 0.404 e. The second-order valence-electron chi connectivity index (χ2n) is 8.70. The van der Waals surface area contributed by atoms with Crippen molar-refractivity contribution >= 4 is 23.7 Å². The van der Waals surface area contributed by atoms with Crippen molar-refractivity contribution in [1.82, 2.24) is 20.9 Å². The molecule has 2 rings (SSSR count). The lowest BCUT2D eigenvalue weighted by molar-refractivity contribution is 0.0443. The van der Waals surface area contributed by atoms with E-state index in [0.717, 1.165) is 31.6 Å². The Morgan fingerprint density at radius 3 is 2.88 bits per heavy atom. The quantitative estimate of drug-likeness (QED) is 0.310. The molecule has 3 amide bonds. The van der Waals surface area contributed by atoms with E-state index in [1.165, 1.54) is 12.8 Å². The molecule has 1 saturated heterocycles. The highest BCUT2D eigenvalue weighted by molar-refractivity contribution is 6.30. The maximum atomic E-state index is 12.7. The van der Waals surface area contributed by atoms with E-state index < -0.39 is 6.09 Å². The molecule has 1 heterocycles. The molecular formula is C24H39ClN4O5. The molecule has 1 aliphatic heterocycles. The monoisotopic (exact) mass is 498 g/mol. The van der Waals surface area contributed by atoms with Crippen LogP contribution in [0.1, 0.15) is 43.8 Å². The number of amides is 3. The van der Waals surface area contributed by atoms with Gasteiger partial charge in [0.05, 0.1) is 12.7 Å². The zero-order chi connectivity index (χ0) is 24.8. The minimum atomic E-state index is -1.09. The van der Waals surface area contributed by atoms with Crippen LogP contribution in [0, 0.1) is 5.92 Å². The lowest BCUT2D eigenvalue weighted by Crippen LogP contribution is -2.45. The summed E-state index contributed by atoms with van der Waals surface area (Å²) in [6, 6.07) is 7.41. The fourth-order valence-corrected chi connectivity index (χ4v) is 4.23. The van der Waals surface area contributed by atoms with Crippen LogP contribution in [-0.4, -0.2) is 81.7 Å². The molecule has 1 fully saturated rings. The number of carbonyl (C=O) groups is 2. The number of ether oxygens (including phenoxy) is 2. The number of carbonyl (C=O) groups excluding carboxylic acids is 1. The Hall–Kier alpha value is -2.07. The van der Waals surface area contributed by atoms with Crippen molar-refractivity contribution < 1.29 is 24.2 Å². The minimum absolute atomic E-state index is 0.144. The topological polar surface area (TPSA) is 112 Å². The molecule has 0 saturated carbocycles. The van der Waals surface area contributed by atoms with Crippen molar-refractivity contribution in [1.29, 1.82) is 0 Å². The van der Waals surface area contributed by atoms with E-state index in [0.29, 0.717) is 30.5 Å². The molecule has 1 aliphatic rings. The molecule has 0 radical (unpaired) electrons. The fraction of sp³-hybridized carbons (Fsp3) is 0.667. The van der Waals surface area contributed by atoms with Gasteiger partial charge in [-0.2, -0.15) is 0 Å². The fourth-order valence-electron chi connectivity index (χ4n) is 4.03. The first-order valence-corrected chi connectivity index (χ1v) is 12.3. The van der Waals surface area contributed by atoms with Gasteiger partial charge >= 0.3 is 12.1 Å². The number of nitrogens with zero attached hydrogens (tertiary/aromatic N) is 1. The number of hydrogen-bond acceptors (Lipinski definition) is 5. The Balaban J connectivity index is 1.82. The average molecular weight is 499 g/mol. The average Bonchev–Trinajstić information content (AvgIpc) is 3.09. The zero-order valence-corrected chi connectivity index (χ0v) is 21.0. The zero-order valence-electron chi connectivity index (χ0n) is 20.2. The molecule has 34 heavy (non-hydrogen) atoms. The molecule has 3 atom stereocenters. The van der Waals surface area contributed by atoms with Crippen LogP contribution in [0.25, 0.3) is 0 Å². The lowest BCUT2D eigenvalue weighted by atomic mass is 9.95. The van der Waals surface area contributed by atoms with E-state index in [-0.39, 0.29) is 31.3 Å². The number of hydrogen-bond donors (Lipinski definition) is 4. The molecule has 9 nitrogen and oxygen atoms in total. The SMILES string of the molecule is CN[C@H](CNC(=O)N(C)CC[C@@H](OCCNC(=O)O)c1cccc(Cl)c1)C[C@H]1CCCCOC1. The third-order valence-electron chi connectivity index (χ3n) is 6.02.